The molecule has 0 aliphatic heterocycles. The first-order chi connectivity index (χ1) is 13.9. The average Bonchev–Trinajstić information content (AvgIpc) is 2.97. The zero-order chi connectivity index (χ0) is 20.7. The van der Waals surface area contributed by atoms with Crippen LogP contribution in [0.1, 0.15) is 16.1 Å². The predicted molar refractivity (Wildman–Crippen MR) is 109 cm³/mol. The molecule has 7 nitrogen and oxygen atoms in total. The van der Waals surface area contributed by atoms with E-state index in [0.29, 0.717) is 39.0 Å². The van der Waals surface area contributed by atoms with Crippen LogP contribution in [0.3, 0.4) is 0 Å². The molecule has 2 aromatic heterocycles. The molecule has 0 bridgehead atoms. The highest BCUT2D eigenvalue weighted by Gasteiger charge is 2.23. The number of ether oxygens (including phenoxy) is 1. The predicted octanol–water partition coefficient (Wildman–Crippen LogP) is 3.26. The van der Waals surface area contributed by atoms with Gasteiger partial charge in [0.25, 0.3) is 5.91 Å². The summed E-state index contributed by atoms with van der Waals surface area (Å²) in [5.74, 6) is -0.750. The van der Waals surface area contributed by atoms with Gasteiger partial charge in [0.05, 0.1) is 29.4 Å². The Morgan fingerprint density at radius 2 is 2.00 bits per heavy atom. The first-order valence-corrected chi connectivity index (χ1v) is 8.79. The second kappa shape index (κ2) is 6.90. The highest BCUT2D eigenvalue weighted by Crippen LogP contribution is 2.34. The Kier molecular flexibility index (Phi) is 4.38. The molecule has 8 heteroatoms. The molecule has 0 spiro atoms. The van der Waals surface area contributed by atoms with Crippen LogP contribution in [0.5, 0.6) is 5.75 Å². The summed E-state index contributed by atoms with van der Waals surface area (Å²) in [4.78, 5) is 17.1. The van der Waals surface area contributed by atoms with Crippen molar-refractivity contribution in [2.45, 2.75) is 6.92 Å². The SMILES string of the molecule is COc1ccc2c(c1)c(C(=O)NC(=N)N)c(C)n2-c1ccnc2ccc(F)cc12. The number of fused-ring (bicyclic) bond motifs is 2. The van der Waals surface area contributed by atoms with Crippen molar-refractivity contribution in [2.75, 3.05) is 7.11 Å². The van der Waals surface area contributed by atoms with E-state index in [2.05, 4.69) is 10.3 Å². The van der Waals surface area contributed by atoms with Gasteiger partial charge < -0.3 is 15.0 Å². The number of benzene rings is 2. The number of nitrogens with one attached hydrogen (secondary N) is 2. The van der Waals surface area contributed by atoms with Crippen molar-refractivity contribution < 1.29 is 13.9 Å². The lowest BCUT2D eigenvalue weighted by Gasteiger charge is -2.12. The molecule has 0 aliphatic rings. The van der Waals surface area contributed by atoms with Gasteiger partial charge in [0.1, 0.15) is 11.6 Å². The summed E-state index contributed by atoms with van der Waals surface area (Å²) < 4.78 is 21.1. The maximum absolute atomic E-state index is 14.0. The third-order valence-electron chi connectivity index (χ3n) is 4.81. The van der Waals surface area contributed by atoms with Gasteiger partial charge in [0.2, 0.25) is 0 Å². The summed E-state index contributed by atoms with van der Waals surface area (Å²) in [7, 11) is 1.54. The van der Waals surface area contributed by atoms with Crippen LogP contribution in [-0.4, -0.2) is 28.5 Å². The fourth-order valence-electron chi connectivity index (χ4n) is 3.61. The summed E-state index contributed by atoms with van der Waals surface area (Å²) in [6.45, 7) is 1.78. The summed E-state index contributed by atoms with van der Waals surface area (Å²) in [6.07, 6.45) is 1.64. The number of guanidine groups is 1. The zero-order valence-electron chi connectivity index (χ0n) is 15.8. The van der Waals surface area contributed by atoms with E-state index in [4.69, 9.17) is 15.9 Å². The number of amides is 1. The lowest BCUT2D eigenvalue weighted by Crippen LogP contribution is -2.36. The van der Waals surface area contributed by atoms with Gasteiger partial charge in [0, 0.05) is 22.7 Å². The number of pyridine rings is 1. The number of carbonyl (C=O) groups is 1. The van der Waals surface area contributed by atoms with Gasteiger partial charge in [-0.3, -0.25) is 20.5 Å². The number of hydrogen-bond donors (Lipinski definition) is 3. The van der Waals surface area contributed by atoms with Crippen LogP contribution in [0.15, 0.2) is 48.7 Å². The van der Waals surface area contributed by atoms with Crippen molar-refractivity contribution in [3.8, 4) is 11.4 Å². The molecule has 0 radical (unpaired) electrons. The topological polar surface area (TPSA) is 106 Å². The zero-order valence-corrected chi connectivity index (χ0v) is 15.8. The van der Waals surface area contributed by atoms with Crippen LogP contribution >= 0.6 is 0 Å². The Balaban J connectivity index is 2.09. The van der Waals surface area contributed by atoms with E-state index in [9.17, 15) is 9.18 Å². The minimum atomic E-state index is -0.503. The van der Waals surface area contributed by atoms with E-state index in [0.717, 1.165) is 5.52 Å². The average molecular weight is 391 g/mol. The van der Waals surface area contributed by atoms with Crippen molar-refractivity contribution in [2.24, 2.45) is 5.73 Å². The summed E-state index contributed by atoms with van der Waals surface area (Å²) in [5.41, 5.74) is 8.38. The lowest BCUT2D eigenvalue weighted by molar-refractivity contribution is 0.0977. The Morgan fingerprint density at radius 3 is 2.72 bits per heavy atom. The summed E-state index contributed by atoms with van der Waals surface area (Å²) >= 11 is 0. The number of aromatic nitrogens is 2. The fourth-order valence-corrected chi connectivity index (χ4v) is 3.61. The molecule has 0 aliphatic carbocycles. The largest absolute Gasteiger partial charge is 0.497 e. The van der Waals surface area contributed by atoms with Crippen LogP contribution in [0.4, 0.5) is 4.39 Å². The van der Waals surface area contributed by atoms with E-state index >= 15 is 0 Å². The highest BCUT2D eigenvalue weighted by molar-refractivity contribution is 6.14. The van der Waals surface area contributed by atoms with E-state index in [-0.39, 0.29) is 5.82 Å². The van der Waals surface area contributed by atoms with E-state index in [1.54, 1.807) is 44.5 Å². The number of nitrogens with zero attached hydrogens (tertiary/aromatic N) is 2. The van der Waals surface area contributed by atoms with Gasteiger partial charge in [-0.1, -0.05) is 0 Å². The molecule has 0 fully saturated rings. The summed E-state index contributed by atoms with van der Waals surface area (Å²) in [6, 6.07) is 11.5. The van der Waals surface area contributed by atoms with Gasteiger partial charge in [-0.2, -0.15) is 0 Å². The fraction of sp³-hybridized carbons (Fsp3) is 0.0952. The Morgan fingerprint density at radius 1 is 1.21 bits per heavy atom. The molecule has 0 unspecified atom stereocenters. The molecule has 29 heavy (non-hydrogen) atoms. The summed E-state index contributed by atoms with van der Waals surface area (Å²) in [5, 5.41) is 11.0. The van der Waals surface area contributed by atoms with Crippen molar-refractivity contribution >= 4 is 33.7 Å². The first-order valence-electron chi connectivity index (χ1n) is 8.79. The van der Waals surface area contributed by atoms with Crippen molar-refractivity contribution in [1.29, 1.82) is 5.41 Å². The second-order valence-electron chi connectivity index (χ2n) is 6.54. The highest BCUT2D eigenvalue weighted by atomic mass is 19.1. The number of hydrogen-bond acceptors (Lipinski definition) is 4. The van der Waals surface area contributed by atoms with Crippen LogP contribution < -0.4 is 15.8 Å². The number of rotatable bonds is 3. The Hall–Kier alpha value is -3.94. The Labute approximate surface area is 165 Å². The molecule has 4 N–H and O–H groups in total. The molecular weight excluding hydrogens is 373 g/mol. The number of carbonyl (C=O) groups excluding carboxylic acids is 1. The van der Waals surface area contributed by atoms with Crippen molar-refractivity contribution in [3.05, 3.63) is 65.7 Å². The standard InChI is InChI=1S/C21H18FN5O2/c1-11-19(20(28)26-21(23)24)15-10-13(29-2)4-6-17(15)27(11)18-7-8-25-16-5-3-12(22)9-14(16)18/h3-10H,1-2H3,(H4,23,24,26,28). The maximum Gasteiger partial charge on any atom is 0.260 e. The van der Waals surface area contributed by atoms with Gasteiger partial charge >= 0.3 is 0 Å². The van der Waals surface area contributed by atoms with E-state index < -0.39 is 11.9 Å². The molecule has 4 rings (SSSR count). The number of nitrogens with two attached hydrogens (primary N) is 1. The monoisotopic (exact) mass is 391 g/mol. The molecule has 1 amide bonds. The van der Waals surface area contributed by atoms with E-state index in [1.165, 1.54) is 12.1 Å². The molecule has 0 atom stereocenters. The minimum Gasteiger partial charge on any atom is -0.497 e. The quantitative estimate of drug-likeness (QED) is 0.368. The van der Waals surface area contributed by atoms with Crippen LogP contribution in [0.2, 0.25) is 0 Å². The second-order valence-corrected chi connectivity index (χ2v) is 6.54. The van der Waals surface area contributed by atoms with Crippen LogP contribution in [-0.2, 0) is 0 Å². The van der Waals surface area contributed by atoms with Gasteiger partial charge in [-0.15, -0.1) is 0 Å². The molecule has 2 heterocycles. The number of methoxy groups -OCH3 is 1. The van der Waals surface area contributed by atoms with Crippen LogP contribution in [0, 0.1) is 18.2 Å². The molecule has 146 valence electrons. The number of halogens is 1. The maximum atomic E-state index is 14.0. The third-order valence-corrected chi connectivity index (χ3v) is 4.81. The van der Waals surface area contributed by atoms with Gasteiger partial charge in [-0.25, -0.2) is 4.39 Å². The normalized spacial score (nSPS) is 11.0. The molecule has 0 saturated heterocycles. The Bertz CT molecular complexity index is 1300. The van der Waals surface area contributed by atoms with E-state index in [1.807, 2.05) is 10.6 Å². The minimum absolute atomic E-state index is 0.357. The third kappa shape index (κ3) is 3.04. The van der Waals surface area contributed by atoms with Gasteiger partial charge in [-0.05, 0) is 49.4 Å². The molecular formula is C21H18FN5O2. The molecule has 0 saturated carbocycles. The van der Waals surface area contributed by atoms with Crippen molar-refractivity contribution in [3.63, 3.8) is 0 Å². The first kappa shape index (κ1) is 18.4. The van der Waals surface area contributed by atoms with Crippen molar-refractivity contribution in [1.82, 2.24) is 14.9 Å². The van der Waals surface area contributed by atoms with Gasteiger partial charge in [0.15, 0.2) is 5.96 Å². The smallest absolute Gasteiger partial charge is 0.260 e. The molecule has 4 aromatic rings. The van der Waals surface area contributed by atoms with Crippen LogP contribution in [0.25, 0.3) is 27.5 Å². The molecule has 2 aromatic carbocycles. The lowest BCUT2D eigenvalue weighted by atomic mass is 10.1.